The summed E-state index contributed by atoms with van der Waals surface area (Å²) in [7, 11) is 0. The number of hydrogen-bond acceptors (Lipinski definition) is 3. The van der Waals surface area contributed by atoms with E-state index < -0.39 is 5.97 Å². The number of rotatable bonds is 6. The fourth-order valence-corrected chi connectivity index (χ4v) is 1.90. The van der Waals surface area contributed by atoms with E-state index in [0.29, 0.717) is 0 Å². The molecule has 0 amide bonds. The van der Waals surface area contributed by atoms with Gasteiger partial charge in [-0.3, -0.25) is 14.7 Å². The van der Waals surface area contributed by atoms with Gasteiger partial charge in [0, 0.05) is 24.5 Å². The molecular formula is C13H20N2O2. The Morgan fingerprint density at radius 1 is 1.41 bits per heavy atom. The second-order valence-corrected chi connectivity index (χ2v) is 4.28. The van der Waals surface area contributed by atoms with E-state index in [2.05, 4.69) is 18.8 Å². The van der Waals surface area contributed by atoms with E-state index in [4.69, 9.17) is 5.11 Å². The lowest BCUT2D eigenvalue weighted by Gasteiger charge is -2.32. The van der Waals surface area contributed by atoms with Gasteiger partial charge < -0.3 is 5.11 Å². The van der Waals surface area contributed by atoms with Gasteiger partial charge in [0.25, 0.3) is 0 Å². The maximum atomic E-state index is 10.9. The molecule has 1 rings (SSSR count). The van der Waals surface area contributed by atoms with E-state index in [1.807, 2.05) is 24.0 Å². The highest BCUT2D eigenvalue weighted by Crippen LogP contribution is 2.22. The van der Waals surface area contributed by atoms with Gasteiger partial charge in [-0.25, -0.2) is 0 Å². The van der Waals surface area contributed by atoms with E-state index in [1.165, 1.54) is 0 Å². The smallest absolute Gasteiger partial charge is 0.317 e. The predicted molar refractivity (Wildman–Crippen MR) is 66.7 cm³/mol. The minimum atomic E-state index is -0.786. The first-order valence-electron chi connectivity index (χ1n) is 5.93. The summed E-state index contributed by atoms with van der Waals surface area (Å²) < 4.78 is 0. The van der Waals surface area contributed by atoms with Gasteiger partial charge in [0.2, 0.25) is 0 Å². The van der Waals surface area contributed by atoms with Crippen LogP contribution in [0.2, 0.25) is 0 Å². The van der Waals surface area contributed by atoms with Crippen LogP contribution in [0.25, 0.3) is 0 Å². The van der Waals surface area contributed by atoms with Crippen molar-refractivity contribution >= 4 is 5.97 Å². The molecule has 0 saturated carbocycles. The van der Waals surface area contributed by atoms with Gasteiger partial charge in [-0.1, -0.05) is 6.92 Å². The molecule has 17 heavy (non-hydrogen) atoms. The zero-order chi connectivity index (χ0) is 12.8. The summed E-state index contributed by atoms with van der Waals surface area (Å²) in [4.78, 5) is 16.9. The molecule has 0 spiro atoms. The normalized spacial score (nSPS) is 14.6. The summed E-state index contributed by atoms with van der Waals surface area (Å²) in [6.07, 6.45) is 4.41. The molecule has 0 aliphatic heterocycles. The van der Waals surface area contributed by atoms with Gasteiger partial charge in [-0.2, -0.15) is 0 Å². The first-order chi connectivity index (χ1) is 8.06. The number of carboxylic acids is 1. The van der Waals surface area contributed by atoms with Gasteiger partial charge in [0.1, 0.15) is 0 Å². The Morgan fingerprint density at radius 2 is 2.00 bits per heavy atom. The van der Waals surface area contributed by atoms with Gasteiger partial charge in [-0.15, -0.1) is 0 Å². The third-order valence-corrected chi connectivity index (χ3v) is 3.16. The van der Waals surface area contributed by atoms with Crippen molar-refractivity contribution in [3.63, 3.8) is 0 Å². The van der Waals surface area contributed by atoms with Gasteiger partial charge in [0.15, 0.2) is 0 Å². The molecule has 0 saturated heterocycles. The maximum Gasteiger partial charge on any atom is 0.317 e. The number of pyridine rings is 1. The van der Waals surface area contributed by atoms with Crippen molar-refractivity contribution in [1.82, 2.24) is 9.88 Å². The molecule has 94 valence electrons. The highest BCUT2D eigenvalue weighted by Gasteiger charge is 2.22. The van der Waals surface area contributed by atoms with Crippen LogP contribution >= 0.6 is 0 Å². The van der Waals surface area contributed by atoms with E-state index in [1.54, 1.807) is 12.4 Å². The van der Waals surface area contributed by atoms with Crippen molar-refractivity contribution < 1.29 is 9.90 Å². The molecule has 1 N–H and O–H groups in total. The van der Waals surface area contributed by atoms with Crippen LogP contribution in [-0.2, 0) is 4.79 Å². The van der Waals surface area contributed by atoms with Crippen molar-refractivity contribution in [3.8, 4) is 0 Å². The first kappa shape index (κ1) is 13.6. The monoisotopic (exact) mass is 236 g/mol. The molecule has 4 nitrogen and oxygen atoms in total. The highest BCUT2D eigenvalue weighted by molar-refractivity contribution is 5.69. The zero-order valence-corrected chi connectivity index (χ0v) is 10.6. The Bertz CT molecular complexity index is 354. The Balaban J connectivity index is 2.86. The van der Waals surface area contributed by atoms with Crippen LogP contribution in [0, 0.1) is 0 Å². The number of hydrogen-bond donors (Lipinski definition) is 1. The van der Waals surface area contributed by atoms with Crippen molar-refractivity contribution in [2.75, 3.05) is 6.54 Å². The molecule has 4 heteroatoms. The third kappa shape index (κ3) is 3.82. The first-order valence-corrected chi connectivity index (χ1v) is 5.93. The number of aromatic nitrogens is 1. The van der Waals surface area contributed by atoms with Gasteiger partial charge in [-0.05, 0) is 38.0 Å². The second kappa shape index (κ2) is 6.35. The largest absolute Gasteiger partial charge is 0.480 e. The molecule has 1 aromatic rings. The topological polar surface area (TPSA) is 53.4 Å². The summed E-state index contributed by atoms with van der Waals surface area (Å²) >= 11 is 0. The fourth-order valence-electron chi connectivity index (χ4n) is 1.90. The van der Waals surface area contributed by atoms with E-state index >= 15 is 0 Å². The molecule has 2 unspecified atom stereocenters. The van der Waals surface area contributed by atoms with Crippen LogP contribution in [0.1, 0.15) is 38.8 Å². The molecule has 0 aliphatic rings. The minimum Gasteiger partial charge on any atom is -0.480 e. The molecule has 0 fully saturated rings. The van der Waals surface area contributed by atoms with Gasteiger partial charge in [0.05, 0.1) is 6.54 Å². The number of aliphatic carboxylic acids is 1. The zero-order valence-electron chi connectivity index (χ0n) is 10.6. The molecule has 0 bridgehead atoms. The molecule has 2 atom stereocenters. The third-order valence-electron chi connectivity index (χ3n) is 3.16. The Hall–Kier alpha value is -1.42. The second-order valence-electron chi connectivity index (χ2n) is 4.28. The van der Waals surface area contributed by atoms with E-state index in [-0.39, 0.29) is 18.6 Å². The summed E-state index contributed by atoms with van der Waals surface area (Å²) in [6, 6.07) is 4.20. The van der Waals surface area contributed by atoms with Crippen LogP contribution in [0.3, 0.4) is 0 Å². The average Bonchev–Trinajstić information content (AvgIpc) is 2.35. The minimum absolute atomic E-state index is 0.0680. The van der Waals surface area contributed by atoms with Crippen molar-refractivity contribution in [1.29, 1.82) is 0 Å². The SMILES string of the molecule is CCC(C)N(CC(=O)O)C(C)c1ccncc1. The quantitative estimate of drug-likeness (QED) is 0.823. The van der Waals surface area contributed by atoms with Crippen molar-refractivity contribution in [2.45, 2.75) is 39.3 Å². The van der Waals surface area contributed by atoms with Crippen molar-refractivity contribution in [3.05, 3.63) is 30.1 Å². The summed E-state index contributed by atoms with van der Waals surface area (Å²) in [5.74, 6) is -0.786. The highest BCUT2D eigenvalue weighted by atomic mass is 16.4. The summed E-state index contributed by atoms with van der Waals surface area (Å²) in [5, 5.41) is 8.97. The molecular weight excluding hydrogens is 216 g/mol. The molecule has 0 aromatic carbocycles. The summed E-state index contributed by atoms with van der Waals surface area (Å²) in [6.45, 7) is 6.22. The van der Waals surface area contributed by atoms with Crippen LogP contribution in [0.4, 0.5) is 0 Å². The number of carboxylic acid groups (broad SMARTS) is 1. The van der Waals surface area contributed by atoms with Crippen LogP contribution in [0.15, 0.2) is 24.5 Å². The van der Waals surface area contributed by atoms with Gasteiger partial charge >= 0.3 is 5.97 Å². The Kier molecular flexibility index (Phi) is 5.10. The maximum absolute atomic E-state index is 10.9. The fraction of sp³-hybridized carbons (Fsp3) is 0.538. The Labute approximate surface area is 102 Å². The Morgan fingerprint density at radius 3 is 2.47 bits per heavy atom. The lowest BCUT2D eigenvalue weighted by atomic mass is 10.1. The number of nitrogens with zero attached hydrogens (tertiary/aromatic N) is 2. The molecule has 0 aliphatic carbocycles. The van der Waals surface area contributed by atoms with Crippen LogP contribution < -0.4 is 0 Å². The molecule has 1 aromatic heterocycles. The summed E-state index contributed by atoms with van der Waals surface area (Å²) in [5.41, 5.74) is 1.10. The molecule has 0 radical (unpaired) electrons. The lowest BCUT2D eigenvalue weighted by molar-refractivity contribution is -0.139. The van der Waals surface area contributed by atoms with E-state index in [0.717, 1.165) is 12.0 Å². The van der Waals surface area contributed by atoms with Crippen LogP contribution in [0.5, 0.6) is 0 Å². The lowest BCUT2D eigenvalue weighted by Crippen LogP contribution is -2.39. The van der Waals surface area contributed by atoms with Crippen LogP contribution in [-0.4, -0.2) is 33.5 Å². The number of carbonyl (C=O) groups is 1. The molecule has 1 heterocycles. The predicted octanol–water partition coefficient (Wildman–Crippen LogP) is 2.33. The standard InChI is InChI=1S/C13H20N2O2/c1-4-10(2)15(9-13(16)17)11(3)12-5-7-14-8-6-12/h5-8,10-11H,4,9H2,1-3H3,(H,16,17). The van der Waals surface area contributed by atoms with Crippen molar-refractivity contribution in [2.24, 2.45) is 0 Å². The average molecular weight is 236 g/mol. The van der Waals surface area contributed by atoms with E-state index in [9.17, 15) is 4.79 Å².